The molecule has 21 heavy (non-hydrogen) atoms. The van der Waals surface area contributed by atoms with E-state index in [0.29, 0.717) is 0 Å². The highest BCUT2D eigenvalue weighted by Gasteiger charge is 2.19. The molecule has 1 aromatic carbocycles. The summed E-state index contributed by atoms with van der Waals surface area (Å²) in [5.74, 6) is 0.876. The SMILES string of the molecule is Fc1ccc(N2CCN(c3ncccc3CBr)CC2)cc1. The minimum absolute atomic E-state index is 0.187. The number of hydrogen-bond donors (Lipinski definition) is 0. The molecule has 0 N–H and O–H groups in total. The lowest BCUT2D eigenvalue weighted by atomic mass is 10.2. The molecule has 5 heteroatoms. The standard InChI is InChI=1S/C16H17BrFN3/c17-12-13-2-1-7-19-16(13)21-10-8-20(9-11-21)15-5-3-14(18)4-6-15/h1-7H,8-12H2. The van der Waals surface area contributed by atoms with Crippen LogP contribution in [0.3, 0.4) is 0 Å². The van der Waals surface area contributed by atoms with E-state index in [1.54, 1.807) is 0 Å². The Labute approximate surface area is 132 Å². The Morgan fingerprint density at radius 1 is 1.00 bits per heavy atom. The highest BCUT2D eigenvalue weighted by molar-refractivity contribution is 9.08. The number of aromatic nitrogens is 1. The first kappa shape index (κ1) is 14.3. The molecule has 1 saturated heterocycles. The number of halogens is 2. The van der Waals surface area contributed by atoms with E-state index in [1.165, 1.54) is 17.7 Å². The predicted molar refractivity (Wildman–Crippen MR) is 87.7 cm³/mol. The Morgan fingerprint density at radius 3 is 2.33 bits per heavy atom. The van der Waals surface area contributed by atoms with E-state index in [4.69, 9.17) is 0 Å². The summed E-state index contributed by atoms with van der Waals surface area (Å²) in [4.78, 5) is 9.11. The maximum Gasteiger partial charge on any atom is 0.132 e. The lowest BCUT2D eigenvalue weighted by molar-refractivity contribution is 0.624. The summed E-state index contributed by atoms with van der Waals surface area (Å²) in [6.07, 6.45) is 1.84. The molecule has 0 bridgehead atoms. The Hall–Kier alpha value is -1.62. The average Bonchev–Trinajstić information content (AvgIpc) is 2.56. The number of nitrogens with zero attached hydrogens (tertiary/aromatic N) is 3. The lowest BCUT2D eigenvalue weighted by Crippen LogP contribution is -2.47. The molecule has 3 nitrogen and oxygen atoms in total. The van der Waals surface area contributed by atoms with E-state index in [1.807, 2.05) is 24.4 Å². The van der Waals surface area contributed by atoms with Crippen LogP contribution in [0.15, 0.2) is 42.6 Å². The third kappa shape index (κ3) is 3.18. The van der Waals surface area contributed by atoms with Crippen molar-refractivity contribution in [2.45, 2.75) is 5.33 Å². The Balaban J connectivity index is 1.69. The zero-order valence-corrected chi connectivity index (χ0v) is 13.3. The highest BCUT2D eigenvalue weighted by Crippen LogP contribution is 2.23. The number of piperazine rings is 1. The smallest absolute Gasteiger partial charge is 0.132 e. The molecule has 1 fully saturated rings. The molecule has 3 rings (SSSR count). The number of anilines is 2. The van der Waals surface area contributed by atoms with Gasteiger partial charge in [-0.1, -0.05) is 22.0 Å². The molecule has 2 aromatic rings. The van der Waals surface area contributed by atoms with Gasteiger partial charge in [0.2, 0.25) is 0 Å². The van der Waals surface area contributed by atoms with Gasteiger partial charge < -0.3 is 9.80 Å². The molecule has 0 unspecified atom stereocenters. The molecular weight excluding hydrogens is 333 g/mol. The maximum absolute atomic E-state index is 13.0. The van der Waals surface area contributed by atoms with Gasteiger partial charge in [-0.25, -0.2) is 9.37 Å². The van der Waals surface area contributed by atoms with Gasteiger partial charge in [0, 0.05) is 49.0 Å². The van der Waals surface area contributed by atoms with E-state index in [9.17, 15) is 4.39 Å². The molecule has 0 saturated carbocycles. The molecule has 2 heterocycles. The average molecular weight is 350 g/mol. The molecule has 1 aliphatic heterocycles. The summed E-state index contributed by atoms with van der Waals surface area (Å²) >= 11 is 3.52. The largest absolute Gasteiger partial charge is 0.368 e. The first-order valence-electron chi connectivity index (χ1n) is 7.03. The number of benzene rings is 1. The van der Waals surface area contributed by atoms with E-state index >= 15 is 0 Å². The fourth-order valence-corrected chi connectivity index (χ4v) is 3.09. The van der Waals surface area contributed by atoms with Crippen LogP contribution in [0.1, 0.15) is 5.56 Å². The predicted octanol–water partition coefficient (Wildman–Crippen LogP) is 3.44. The second-order valence-electron chi connectivity index (χ2n) is 5.07. The lowest BCUT2D eigenvalue weighted by Gasteiger charge is -2.37. The van der Waals surface area contributed by atoms with Gasteiger partial charge in [-0.3, -0.25) is 0 Å². The molecule has 0 aliphatic carbocycles. The molecule has 110 valence electrons. The quantitative estimate of drug-likeness (QED) is 0.791. The topological polar surface area (TPSA) is 19.4 Å². The number of alkyl halides is 1. The second kappa shape index (κ2) is 6.43. The third-order valence-electron chi connectivity index (χ3n) is 3.78. The summed E-state index contributed by atoms with van der Waals surface area (Å²) in [6, 6.07) is 10.8. The van der Waals surface area contributed by atoms with Gasteiger partial charge in [0.1, 0.15) is 11.6 Å². The van der Waals surface area contributed by atoms with Gasteiger partial charge in [-0.15, -0.1) is 0 Å². The van der Waals surface area contributed by atoms with Crippen molar-refractivity contribution in [3.8, 4) is 0 Å². The van der Waals surface area contributed by atoms with Gasteiger partial charge in [-0.2, -0.15) is 0 Å². The van der Waals surface area contributed by atoms with Crippen molar-refractivity contribution in [1.82, 2.24) is 4.98 Å². The fraction of sp³-hybridized carbons (Fsp3) is 0.312. The van der Waals surface area contributed by atoms with E-state index in [-0.39, 0.29) is 5.82 Å². The Kier molecular flexibility index (Phi) is 4.39. The molecular formula is C16H17BrFN3. The van der Waals surface area contributed by atoms with Crippen molar-refractivity contribution in [1.29, 1.82) is 0 Å². The van der Waals surface area contributed by atoms with Crippen LogP contribution in [0.25, 0.3) is 0 Å². The van der Waals surface area contributed by atoms with E-state index in [0.717, 1.165) is 43.0 Å². The number of pyridine rings is 1. The van der Waals surface area contributed by atoms with Crippen LogP contribution in [-0.2, 0) is 5.33 Å². The Bertz CT molecular complexity index is 595. The van der Waals surface area contributed by atoms with Gasteiger partial charge in [-0.05, 0) is 30.3 Å². The molecule has 0 amide bonds. The second-order valence-corrected chi connectivity index (χ2v) is 5.63. The highest BCUT2D eigenvalue weighted by atomic mass is 79.9. The molecule has 0 atom stereocenters. The molecule has 0 spiro atoms. The van der Waals surface area contributed by atoms with Crippen molar-refractivity contribution in [3.63, 3.8) is 0 Å². The van der Waals surface area contributed by atoms with Crippen molar-refractivity contribution in [3.05, 3.63) is 54.0 Å². The van der Waals surface area contributed by atoms with Crippen LogP contribution in [0, 0.1) is 5.82 Å². The first-order chi connectivity index (χ1) is 10.3. The van der Waals surface area contributed by atoms with Crippen LogP contribution in [0.5, 0.6) is 0 Å². The number of hydrogen-bond acceptors (Lipinski definition) is 3. The van der Waals surface area contributed by atoms with Crippen LogP contribution < -0.4 is 9.80 Å². The van der Waals surface area contributed by atoms with Crippen molar-refractivity contribution < 1.29 is 4.39 Å². The van der Waals surface area contributed by atoms with Gasteiger partial charge >= 0.3 is 0 Å². The Morgan fingerprint density at radius 2 is 1.67 bits per heavy atom. The summed E-state index contributed by atoms with van der Waals surface area (Å²) in [7, 11) is 0. The van der Waals surface area contributed by atoms with Crippen LogP contribution in [-0.4, -0.2) is 31.2 Å². The minimum atomic E-state index is -0.187. The monoisotopic (exact) mass is 349 g/mol. The van der Waals surface area contributed by atoms with Crippen molar-refractivity contribution in [2.24, 2.45) is 0 Å². The normalized spacial score (nSPS) is 15.3. The molecule has 1 aromatic heterocycles. The fourth-order valence-electron chi connectivity index (χ4n) is 2.65. The third-order valence-corrected chi connectivity index (χ3v) is 4.39. The van der Waals surface area contributed by atoms with Crippen LogP contribution >= 0.6 is 15.9 Å². The van der Waals surface area contributed by atoms with Gasteiger partial charge in [0.25, 0.3) is 0 Å². The summed E-state index contributed by atoms with van der Waals surface area (Å²) < 4.78 is 13.0. The maximum atomic E-state index is 13.0. The molecule has 1 aliphatic rings. The zero-order chi connectivity index (χ0) is 14.7. The minimum Gasteiger partial charge on any atom is -0.368 e. The van der Waals surface area contributed by atoms with Crippen LogP contribution in [0.4, 0.5) is 15.9 Å². The molecule has 0 radical (unpaired) electrons. The van der Waals surface area contributed by atoms with Gasteiger partial charge in [0.05, 0.1) is 0 Å². The van der Waals surface area contributed by atoms with Crippen molar-refractivity contribution in [2.75, 3.05) is 36.0 Å². The van der Waals surface area contributed by atoms with Crippen LogP contribution in [0.2, 0.25) is 0 Å². The summed E-state index contributed by atoms with van der Waals surface area (Å²) in [6.45, 7) is 3.69. The van der Waals surface area contributed by atoms with Crippen molar-refractivity contribution >= 4 is 27.4 Å². The van der Waals surface area contributed by atoms with Gasteiger partial charge in [0.15, 0.2) is 0 Å². The summed E-state index contributed by atoms with van der Waals surface area (Å²) in [5.41, 5.74) is 2.30. The van der Waals surface area contributed by atoms with E-state index < -0.39 is 0 Å². The zero-order valence-electron chi connectivity index (χ0n) is 11.7. The summed E-state index contributed by atoms with van der Waals surface area (Å²) in [5, 5.41) is 0.814. The van der Waals surface area contributed by atoms with E-state index in [2.05, 4.69) is 36.8 Å². The first-order valence-corrected chi connectivity index (χ1v) is 8.15. The number of rotatable bonds is 3.